The number of nitrogens with one attached hydrogen (secondary N) is 2. The summed E-state index contributed by atoms with van der Waals surface area (Å²) < 4.78 is 16.4. The first-order valence-corrected chi connectivity index (χ1v) is 9.28. The van der Waals surface area contributed by atoms with Crippen LogP contribution >= 0.6 is 24.0 Å². The molecule has 0 aliphatic heterocycles. The van der Waals surface area contributed by atoms with Crippen molar-refractivity contribution >= 4 is 29.9 Å². The van der Waals surface area contributed by atoms with E-state index in [1.54, 1.807) is 7.11 Å². The minimum atomic E-state index is 0. The van der Waals surface area contributed by atoms with Gasteiger partial charge in [0.25, 0.3) is 0 Å². The average molecular weight is 502 g/mol. The number of aryl methyl sites for hydroxylation is 2. The predicted octanol–water partition coefficient (Wildman–Crippen LogP) is 3.58. The molecule has 2 aromatic rings. The highest BCUT2D eigenvalue weighted by Gasteiger charge is 2.05. The number of rotatable bonds is 10. The maximum absolute atomic E-state index is 5.71. The van der Waals surface area contributed by atoms with Crippen LogP contribution in [0.3, 0.4) is 0 Å². The van der Waals surface area contributed by atoms with Gasteiger partial charge in [-0.15, -0.1) is 24.0 Å². The van der Waals surface area contributed by atoms with Crippen LogP contribution in [-0.2, 0) is 17.9 Å². The van der Waals surface area contributed by atoms with E-state index < -0.39 is 0 Å². The third kappa shape index (κ3) is 8.47. The Kier molecular flexibility index (Phi) is 11.6. The smallest absolute Gasteiger partial charge is 0.216 e. The zero-order valence-corrected chi connectivity index (χ0v) is 19.4. The number of oxazole rings is 1. The van der Waals surface area contributed by atoms with Crippen LogP contribution in [0.4, 0.5) is 0 Å². The zero-order chi connectivity index (χ0) is 19.5. The molecule has 1 heterocycles. The van der Waals surface area contributed by atoms with Crippen LogP contribution in [0.25, 0.3) is 0 Å². The predicted molar refractivity (Wildman–Crippen MR) is 121 cm³/mol. The summed E-state index contributed by atoms with van der Waals surface area (Å²) >= 11 is 0. The summed E-state index contributed by atoms with van der Waals surface area (Å²) in [6, 6.07) is 7.91. The maximum atomic E-state index is 5.71. The topological polar surface area (TPSA) is 80.9 Å². The fraction of sp³-hybridized carbons (Fsp3) is 0.500. The van der Waals surface area contributed by atoms with Gasteiger partial charge in [0.2, 0.25) is 5.89 Å². The third-order valence-corrected chi connectivity index (χ3v) is 3.98. The van der Waals surface area contributed by atoms with Crippen molar-refractivity contribution in [2.75, 3.05) is 26.8 Å². The molecule has 0 radical (unpaired) electrons. The zero-order valence-electron chi connectivity index (χ0n) is 17.1. The maximum Gasteiger partial charge on any atom is 0.216 e. The minimum absolute atomic E-state index is 0. The SMILES string of the molecule is CCNC(=NCc1nc(C)c(C)o1)NCCCOCc1ccc(OC)cc1.I. The molecule has 1 aromatic carbocycles. The molecule has 0 fully saturated rings. The van der Waals surface area contributed by atoms with Gasteiger partial charge in [0, 0.05) is 19.7 Å². The Balaban J connectivity index is 0.00000392. The van der Waals surface area contributed by atoms with E-state index in [-0.39, 0.29) is 24.0 Å². The van der Waals surface area contributed by atoms with Crippen molar-refractivity contribution in [1.82, 2.24) is 15.6 Å². The second-order valence-corrected chi connectivity index (χ2v) is 6.13. The second kappa shape index (κ2) is 13.4. The van der Waals surface area contributed by atoms with Gasteiger partial charge in [0.05, 0.1) is 19.4 Å². The van der Waals surface area contributed by atoms with Gasteiger partial charge in [0.1, 0.15) is 18.1 Å². The van der Waals surface area contributed by atoms with Gasteiger partial charge in [-0.3, -0.25) is 0 Å². The Labute approximate surface area is 184 Å². The molecule has 0 amide bonds. The first-order chi connectivity index (χ1) is 13.1. The summed E-state index contributed by atoms with van der Waals surface area (Å²) in [6.07, 6.45) is 0.887. The number of hydrogen-bond acceptors (Lipinski definition) is 5. The lowest BCUT2D eigenvalue weighted by Gasteiger charge is -2.11. The third-order valence-electron chi connectivity index (χ3n) is 3.98. The number of aromatic nitrogens is 1. The normalized spacial score (nSPS) is 11.1. The molecule has 0 unspecified atom stereocenters. The Morgan fingerprint density at radius 2 is 1.93 bits per heavy atom. The molecule has 0 saturated carbocycles. The molecule has 0 aliphatic carbocycles. The van der Waals surface area contributed by atoms with E-state index in [0.29, 0.717) is 25.6 Å². The molecule has 2 N–H and O–H groups in total. The number of benzene rings is 1. The molecule has 0 saturated heterocycles. The first kappa shape index (κ1) is 24.2. The highest BCUT2D eigenvalue weighted by Crippen LogP contribution is 2.12. The van der Waals surface area contributed by atoms with E-state index in [0.717, 1.165) is 48.2 Å². The van der Waals surface area contributed by atoms with Crippen molar-refractivity contribution < 1.29 is 13.9 Å². The molecule has 1 aromatic heterocycles. The van der Waals surface area contributed by atoms with Crippen molar-refractivity contribution in [3.8, 4) is 5.75 Å². The summed E-state index contributed by atoms with van der Waals surface area (Å²) in [5.41, 5.74) is 2.04. The van der Waals surface area contributed by atoms with Crippen LogP contribution in [0.2, 0.25) is 0 Å². The molecule has 8 heteroatoms. The van der Waals surface area contributed by atoms with Gasteiger partial charge >= 0.3 is 0 Å². The molecule has 0 aliphatic rings. The first-order valence-electron chi connectivity index (χ1n) is 9.28. The lowest BCUT2D eigenvalue weighted by atomic mass is 10.2. The number of halogens is 1. The Hall–Kier alpha value is -1.81. The van der Waals surface area contributed by atoms with E-state index in [9.17, 15) is 0 Å². The fourth-order valence-corrected chi connectivity index (χ4v) is 2.39. The minimum Gasteiger partial charge on any atom is -0.497 e. The van der Waals surface area contributed by atoms with Crippen molar-refractivity contribution in [3.63, 3.8) is 0 Å². The number of nitrogens with zero attached hydrogens (tertiary/aromatic N) is 2. The van der Waals surface area contributed by atoms with Gasteiger partial charge in [-0.05, 0) is 44.9 Å². The van der Waals surface area contributed by atoms with Crippen LogP contribution in [-0.4, -0.2) is 37.7 Å². The Morgan fingerprint density at radius 1 is 1.18 bits per heavy atom. The average Bonchev–Trinajstić information content (AvgIpc) is 3.00. The van der Waals surface area contributed by atoms with Crippen LogP contribution in [0.5, 0.6) is 5.75 Å². The fourth-order valence-electron chi connectivity index (χ4n) is 2.39. The number of ether oxygens (including phenoxy) is 2. The van der Waals surface area contributed by atoms with Crippen LogP contribution in [0.15, 0.2) is 33.7 Å². The lowest BCUT2D eigenvalue weighted by Crippen LogP contribution is -2.38. The Morgan fingerprint density at radius 3 is 2.54 bits per heavy atom. The Bertz CT molecular complexity index is 697. The summed E-state index contributed by atoms with van der Waals surface area (Å²) in [5, 5.41) is 6.52. The van der Waals surface area contributed by atoms with E-state index in [4.69, 9.17) is 13.9 Å². The van der Waals surface area contributed by atoms with Crippen LogP contribution in [0.1, 0.15) is 36.3 Å². The largest absolute Gasteiger partial charge is 0.497 e. The number of aliphatic imine (C=N–C) groups is 1. The van der Waals surface area contributed by atoms with E-state index in [2.05, 4.69) is 20.6 Å². The lowest BCUT2D eigenvalue weighted by molar-refractivity contribution is 0.119. The van der Waals surface area contributed by atoms with Gasteiger partial charge in [-0.1, -0.05) is 12.1 Å². The molecule has 2 rings (SSSR count). The highest BCUT2D eigenvalue weighted by atomic mass is 127. The molecule has 156 valence electrons. The number of guanidine groups is 1. The standard InChI is InChI=1S/C20H30N4O3.HI/c1-5-21-20(23-13-19-24-15(2)16(3)27-19)22-11-6-12-26-14-17-7-9-18(25-4)10-8-17;/h7-10H,5-6,11-14H2,1-4H3,(H2,21,22,23);1H. The molecule has 7 nitrogen and oxygen atoms in total. The van der Waals surface area contributed by atoms with Crippen molar-refractivity contribution in [2.24, 2.45) is 4.99 Å². The van der Waals surface area contributed by atoms with Gasteiger partial charge < -0.3 is 24.5 Å². The van der Waals surface area contributed by atoms with Gasteiger partial charge in [0.15, 0.2) is 5.96 Å². The van der Waals surface area contributed by atoms with E-state index in [1.807, 2.05) is 45.0 Å². The molecule has 0 atom stereocenters. The molecule has 28 heavy (non-hydrogen) atoms. The monoisotopic (exact) mass is 502 g/mol. The summed E-state index contributed by atoms with van der Waals surface area (Å²) in [7, 11) is 1.66. The highest BCUT2D eigenvalue weighted by molar-refractivity contribution is 14.0. The molecule has 0 spiro atoms. The van der Waals surface area contributed by atoms with Gasteiger partial charge in [-0.2, -0.15) is 0 Å². The molecular weight excluding hydrogens is 471 g/mol. The van der Waals surface area contributed by atoms with Crippen molar-refractivity contribution in [2.45, 2.75) is 40.3 Å². The quantitative estimate of drug-likeness (QED) is 0.224. The summed E-state index contributed by atoms with van der Waals surface area (Å²) in [6.45, 7) is 9.14. The second-order valence-electron chi connectivity index (χ2n) is 6.13. The summed E-state index contributed by atoms with van der Waals surface area (Å²) in [4.78, 5) is 8.85. The molecular formula is C20H31IN4O3. The van der Waals surface area contributed by atoms with Crippen molar-refractivity contribution in [3.05, 3.63) is 47.2 Å². The number of hydrogen-bond donors (Lipinski definition) is 2. The van der Waals surface area contributed by atoms with Crippen LogP contribution in [0, 0.1) is 13.8 Å². The molecule has 0 bridgehead atoms. The van der Waals surface area contributed by atoms with Crippen molar-refractivity contribution in [1.29, 1.82) is 0 Å². The number of methoxy groups -OCH3 is 1. The van der Waals surface area contributed by atoms with E-state index >= 15 is 0 Å². The van der Waals surface area contributed by atoms with Crippen LogP contribution < -0.4 is 15.4 Å². The van der Waals surface area contributed by atoms with Gasteiger partial charge in [-0.25, -0.2) is 9.98 Å². The van der Waals surface area contributed by atoms with E-state index in [1.165, 1.54) is 0 Å². The summed E-state index contributed by atoms with van der Waals surface area (Å²) in [5.74, 6) is 3.08.